The van der Waals surface area contributed by atoms with Crippen LogP contribution < -0.4 is 9.47 Å². The van der Waals surface area contributed by atoms with Crippen LogP contribution in [0.1, 0.15) is 56.3 Å². The van der Waals surface area contributed by atoms with Crippen LogP contribution in [-0.4, -0.2) is 50.5 Å². The molecule has 2 aliphatic rings. The van der Waals surface area contributed by atoms with Gasteiger partial charge in [-0.25, -0.2) is 4.98 Å². The van der Waals surface area contributed by atoms with Gasteiger partial charge in [0.05, 0.1) is 24.5 Å². The van der Waals surface area contributed by atoms with Crippen LogP contribution in [-0.2, 0) is 22.6 Å². The normalized spacial score (nSPS) is 19.9. The molecule has 0 spiro atoms. The molecule has 1 fully saturated rings. The van der Waals surface area contributed by atoms with E-state index in [0.717, 1.165) is 29.7 Å². The van der Waals surface area contributed by atoms with Crippen LogP contribution in [0.5, 0.6) is 11.5 Å². The molecule has 39 heavy (non-hydrogen) atoms. The monoisotopic (exact) mass is 529 g/mol. The van der Waals surface area contributed by atoms with Crippen molar-refractivity contribution in [1.82, 2.24) is 14.5 Å². The van der Waals surface area contributed by atoms with E-state index in [1.807, 2.05) is 54.1 Å². The lowest BCUT2D eigenvalue weighted by atomic mass is 9.94. The van der Waals surface area contributed by atoms with Crippen molar-refractivity contribution in [3.05, 3.63) is 83.4 Å². The van der Waals surface area contributed by atoms with Gasteiger partial charge in [-0.1, -0.05) is 26.0 Å². The Bertz CT molecular complexity index is 1380. The van der Waals surface area contributed by atoms with Crippen LogP contribution in [0.15, 0.2) is 66.8 Å². The highest BCUT2D eigenvalue weighted by Crippen LogP contribution is 2.41. The van der Waals surface area contributed by atoms with Crippen molar-refractivity contribution in [3.8, 4) is 11.5 Å². The summed E-state index contributed by atoms with van der Waals surface area (Å²) in [6.07, 6.45) is 7.61. The van der Waals surface area contributed by atoms with Gasteiger partial charge in [0.25, 0.3) is 11.7 Å². The molecule has 0 saturated carbocycles. The molecule has 2 atom stereocenters. The van der Waals surface area contributed by atoms with Crippen molar-refractivity contribution < 1.29 is 24.2 Å². The number of hydrogen-bond acceptors (Lipinski definition) is 6. The Balaban J connectivity index is 1.50. The number of carbonyl (C=O) groups is 2. The van der Waals surface area contributed by atoms with Gasteiger partial charge in [-0.2, -0.15) is 0 Å². The average Bonchev–Trinajstić information content (AvgIpc) is 3.62. The molecule has 5 rings (SSSR count). The van der Waals surface area contributed by atoms with Crippen LogP contribution in [0.2, 0.25) is 0 Å². The summed E-state index contributed by atoms with van der Waals surface area (Å²) >= 11 is 0. The highest BCUT2D eigenvalue weighted by atomic mass is 16.5. The maximum atomic E-state index is 13.4. The number of rotatable bonds is 10. The molecule has 8 heteroatoms. The number of benzene rings is 2. The summed E-state index contributed by atoms with van der Waals surface area (Å²) in [5.41, 5.74) is 2.28. The largest absolute Gasteiger partial charge is 0.507 e. The molecule has 3 aromatic rings. The first-order valence-electron chi connectivity index (χ1n) is 13.6. The average molecular weight is 530 g/mol. The first-order chi connectivity index (χ1) is 18.8. The third-order valence-corrected chi connectivity index (χ3v) is 7.22. The van der Waals surface area contributed by atoms with Crippen molar-refractivity contribution in [2.75, 3.05) is 13.2 Å². The Morgan fingerprint density at radius 3 is 2.79 bits per heavy atom. The number of Topliss-reactive ketones (excluding diaryl/α,β-unsaturated/α-hetero) is 1. The van der Waals surface area contributed by atoms with Crippen molar-refractivity contribution in [3.63, 3.8) is 0 Å². The summed E-state index contributed by atoms with van der Waals surface area (Å²) in [5, 5.41) is 11.5. The maximum absolute atomic E-state index is 13.4. The van der Waals surface area contributed by atoms with Crippen LogP contribution in [0, 0.1) is 5.92 Å². The van der Waals surface area contributed by atoms with Gasteiger partial charge in [-0.3, -0.25) is 9.59 Å². The number of aliphatic hydroxyl groups is 1. The summed E-state index contributed by atoms with van der Waals surface area (Å²) in [5.74, 6) is 0.482. The lowest BCUT2D eigenvalue weighted by Crippen LogP contribution is -2.31. The summed E-state index contributed by atoms with van der Waals surface area (Å²) in [4.78, 5) is 32.4. The highest BCUT2D eigenvalue weighted by Gasteiger charge is 2.46. The number of fused-ring (bicyclic) bond motifs is 1. The van der Waals surface area contributed by atoms with Crippen molar-refractivity contribution >= 4 is 17.4 Å². The molecule has 3 heterocycles. The van der Waals surface area contributed by atoms with E-state index in [1.165, 1.54) is 0 Å². The first kappa shape index (κ1) is 26.5. The molecule has 0 unspecified atom stereocenters. The van der Waals surface area contributed by atoms with Crippen LogP contribution in [0.3, 0.4) is 0 Å². The maximum Gasteiger partial charge on any atom is 0.295 e. The number of aromatic nitrogens is 2. The summed E-state index contributed by atoms with van der Waals surface area (Å²) in [6.45, 7) is 7.84. The number of ether oxygens (including phenoxy) is 2. The van der Waals surface area contributed by atoms with Gasteiger partial charge >= 0.3 is 0 Å². The summed E-state index contributed by atoms with van der Waals surface area (Å²) in [6, 6.07) is 12.1. The van der Waals surface area contributed by atoms with E-state index in [1.54, 1.807) is 23.5 Å². The molecule has 0 radical (unpaired) electrons. The van der Waals surface area contributed by atoms with Crippen LogP contribution in [0.4, 0.5) is 0 Å². The minimum Gasteiger partial charge on any atom is -0.507 e. The SMILES string of the molecule is CC(C)CCOc1cccc([C@@H]2/C(=C(\O)c3ccc4c(c3)C[C@@H](C)O4)C(=O)C(=O)N2CCCn2ccnc2)c1. The molecular weight excluding hydrogens is 494 g/mol. The number of imidazole rings is 1. The van der Waals surface area contributed by atoms with Crippen molar-refractivity contribution in [2.24, 2.45) is 5.92 Å². The Morgan fingerprint density at radius 2 is 2.03 bits per heavy atom. The van der Waals surface area contributed by atoms with E-state index in [9.17, 15) is 14.7 Å². The Kier molecular flexibility index (Phi) is 7.72. The van der Waals surface area contributed by atoms with Gasteiger partial charge in [0, 0.05) is 37.5 Å². The fourth-order valence-electron chi connectivity index (χ4n) is 5.21. The quantitative estimate of drug-likeness (QED) is 0.222. The molecule has 2 aliphatic heterocycles. The Morgan fingerprint density at radius 1 is 1.18 bits per heavy atom. The molecule has 0 aliphatic carbocycles. The van der Waals surface area contributed by atoms with E-state index < -0.39 is 17.7 Å². The third kappa shape index (κ3) is 5.70. The van der Waals surface area contributed by atoms with Crippen LogP contribution in [0.25, 0.3) is 5.76 Å². The number of likely N-dealkylation sites (tertiary alicyclic amines) is 1. The highest BCUT2D eigenvalue weighted by molar-refractivity contribution is 6.46. The second kappa shape index (κ2) is 11.4. The first-order valence-corrected chi connectivity index (χ1v) is 13.6. The van der Waals surface area contributed by atoms with Crippen molar-refractivity contribution in [1.29, 1.82) is 0 Å². The molecule has 1 saturated heterocycles. The molecule has 8 nitrogen and oxygen atoms in total. The number of aryl methyl sites for hydroxylation is 1. The molecule has 204 valence electrons. The van der Waals surface area contributed by atoms with E-state index in [4.69, 9.17) is 9.47 Å². The molecule has 2 aromatic carbocycles. The van der Waals surface area contributed by atoms with Crippen molar-refractivity contribution in [2.45, 2.75) is 58.7 Å². The lowest BCUT2D eigenvalue weighted by Gasteiger charge is -2.26. The number of amides is 1. The summed E-state index contributed by atoms with van der Waals surface area (Å²) < 4.78 is 13.7. The second-order valence-corrected chi connectivity index (χ2v) is 10.7. The third-order valence-electron chi connectivity index (χ3n) is 7.22. The molecule has 0 bridgehead atoms. The Labute approximate surface area is 228 Å². The topological polar surface area (TPSA) is 93.9 Å². The van der Waals surface area contributed by atoms with Gasteiger partial charge in [0.2, 0.25) is 0 Å². The molecule has 1 aromatic heterocycles. The van der Waals surface area contributed by atoms with Gasteiger partial charge in [0.1, 0.15) is 23.4 Å². The van der Waals surface area contributed by atoms with E-state index in [-0.39, 0.29) is 17.4 Å². The number of aliphatic hydroxyl groups excluding tert-OH is 1. The fourth-order valence-corrected chi connectivity index (χ4v) is 5.21. The smallest absolute Gasteiger partial charge is 0.295 e. The minimum absolute atomic E-state index is 0.0527. The Hall–Kier alpha value is -4.07. The number of carbonyl (C=O) groups excluding carboxylic acids is 2. The lowest BCUT2D eigenvalue weighted by molar-refractivity contribution is -0.139. The second-order valence-electron chi connectivity index (χ2n) is 10.7. The standard InChI is InChI=1S/C31H35N3O5/c1-20(2)10-15-38-25-7-4-6-22(18-25)28-27(29(35)23-8-9-26-24(17-23)16-21(3)39-26)30(36)31(37)34(28)13-5-12-33-14-11-32-19-33/h4,6-9,11,14,17-21,28,35H,5,10,12-13,15-16H2,1-3H3/b29-27+/t21-,28-/m1/s1. The number of hydrogen-bond donors (Lipinski definition) is 1. The minimum atomic E-state index is -0.732. The zero-order chi connectivity index (χ0) is 27.5. The van der Waals surface area contributed by atoms with Gasteiger partial charge < -0.3 is 24.0 Å². The molecule has 1 amide bonds. The van der Waals surface area contributed by atoms with E-state index >= 15 is 0 Å². The fraction of sp³-hybridized carbons (Fsp3) is 0.387. The van der Waals surface area contributed by atoms with Gasteiger partial charge in [0.15, 0.2) is 0 Å². The van der Waals surface area contributed by atoms with Gasteiger partial charge in [-0.05, 0) is 67.1 Å². The zero-order valence-corrected chi connectivity index (χ0v) is 22.7. The number of ketones is 1. The van der Waals surface area contributed by atoms with E-state index in [0.29, 0.717) is 43.3 Å². The molecule has 1 N–H and O–H groups in total. The number of nitrogens with zero attached hydrogens (tertiary/aromatic N) is 3. The van der Waals surface area contributed by atoms with E-state index in [2.05, 4.69) is 18.8 Å². The predicted octanol–water partition coefficient (Wildman–Crippen LogP) is 5.14. The summed E-state index contributed by atoms with van der Waals surface area (Å²) in [7, 11) is 0. The predicted molar refractivity (Wildman–Crippen MR) is 147 cm³/mol. The molecular formula is C31H35N3O5. The zero-order valence-electron chi connectivity index (χ0n) is 22.7. The van der Waals surface area contributed by atoms with Crippen LogP contribution >= 0.6 is 0 Å². The van der Waals surface area contributed by atoms with Gasteiger partial charge in [-0.15, -0.1) is 0 Å².